The van der Waals surface area contributed by atoms with Crippen LogP contribution < -0.4 is 0 Å². The minimum absolute atomic E-state index is 0.0598. The van der Waals surface area contributed by atoms with Crippen molar-refractivity contribution in [3.63, 3.8) is 0 Å². The molecule has 1 aromatic heterocycles. The standard InChI is InChI=1S/C19H21FN2O4/c20-12-4-6-13(7-5-12)22-18(16-2-1-3-17(16)21-22)9-8-14(23)10-15(24)11-19(25)26/h4-9,14-15,23-24H,1-3,10-11H2,(H,25,26)/b9-8+/t14-,15-/m0/s1. The van der Waals surface area contributed by atoms with E-state index in [1.807, 2.05) is 0 Å². The molecule has 2 aromatic rings. The summed E-state index contributed by atoms with van der Waals surface area (Å²) in [5, 5.41) is 33.0. The zero-order chi connectivity index (χ0) is 18.7. The molecule has 3 N–H and O–H groups in total. The molecule has 1 aliphatic carbocycles. The van der Waals surface area contributed by atoms with Crippen molar-refractivity contribution in [2.45, 2.75) is 44.3 Å². The average molecular weight is 360 g/mol. The van der Waals surface area contributed by atoms with Crippen LogP contribution in [0.2, 0.25) is 0 Å². The first-order valence-electron chi connectivity index (χ1n) is 8.57. The molecule has 6 nitrogen and oxygen atoms in total. The summed E-state index contributed by atoms with van der Waals surface area (Å²) in [6.45, 7) is 0. The number of benzene rings is 1. The lowest BCUT2D eigenvalue weighted by molar-refractivity contribution is -0.139. The molecule has 26 heavy (non-hydrogen) atoms. The van der Waals surface area contributed by atoms with E-state index in [4.69, 9.17) is 5.11 Å². The monoisotopic (exact) mass is 360 g/mol. The maximum atomic E-state index is 13.2. The normalized spacial score (nSPS) is 16.0. The fourth-order valence-electron chi connectivity index (χ4n) is 3.21. The number of nitrogens with zero attached hydrogens (tertiary/aromatic N) is 2. The molecule has 7 heteroatoms. The van der Waals surface area contributed by atoms with Gasteiger partial charge in [0.2, 0.25) is 0 Å². The van der Waals surface area contributed by atoms with Gasteiger partial charge < -0.3 is 15.3 Å². The largest absolute Gasteiger partial charge is 0.481 e. The van der Waals surface area contributed by atoms with E-state index < -0.39 is 24.6 Å². The highest BCUT2D eigenvalue weighted by atomic mass is 19.1. The maximum Gasteiger partial charge on any atom is 0.305 e. The predicted octanol–water partition coefficient (Wildman–Crippen LogP) is 2.10. The number of carboxylic acids is 1. The van der Waals surface area contributed by atoms with Crippen LogP contribution in [-0.4, -0.2) is 43.3 Å². The minimum atomic E-state index is -1.11. The van der Waals surface area contributed by atoms with E-state index >= 15 is 0 Å². The molecule has 3 rings (SSSR count). The second-order valence-corrected chi connectivity index (χ2v) is 6.47. The Kier molecular flexibility index (Phi) is 5.49. The molecule has 0 saturated heterocycles. The van der Waals surface area contributed by atoms with Gasteiger partial charge in [-0.1, -0.05) is 6.08 Å². The summed E-state index contributed by atoms with van der Waals surface area (Å²) in [4.78, 5) is 10.6. The third-order valence-corrected chi connectivity index (χ3v) is 4.42. The first-order valence-corrected chi connectivity index (χ1v) is 8.57. The highest BCUT2D eigenvalue weighted by Gasteiger charge is 2.22. The highest BCUT2D eigenvalue weighted by molar-refractivity contribution is 5.67. The van der Waals surface area contributed by atoms with Gasteiger partial charge in [-0.3, -0.25) is 4.79 Å². The van der Waals surface area contributed by atoms with Gasteiger partial charge in [-0.15, -0.1) is 0 Å². The average Bonchev–Trinajstić information content (AvgIpc) is 3.14. The van der Waals surface area contributed by atoms with Gasteiger partial charge in [-0.2, -0.15) is 5.10 Å². The lowest BCUT2D eigenvalue weighted by atomic mass is 10.1. The number of halogens is 1. The molecule has 2 atom stereocenters. The first-order chi connectivity index (χ1) is 12.4. The summed E-state index contributed by atoms with van der Waals surface area (Å²) in [7, 11) is 0. The molecular weight excluding hydrogens is 339 g/mol. The molecule has 0 spiro atoms. The van der Waals surface area contributed by atoms with Crippen LogP contribution in [0.4, 0.5) is 4.39 Å². The topological polar surface area (TPSA) is 95.6 Å². The van der Waals surface area contributed by atoms with Crippen LogP contribution in [0.15, 0.2) is 30.3 Å². The van der Waals surface area contributed by atoms with Crippen LogP contribution in [-0.2, 0) is 17.6 Å². The second-order valence-electron chi connectivity index (χ2n) is 6.47. The van der Waals surface area contributed by atoms with Gasteiger partial charge in [0.25, 0.3) is 0 Å². The number of aryl methyl sites for hydroxylation is 1. The van der Waals surface area contributed by atoms with E-state index in [-0.39, 0.29) is 12.2 Å². The van der Waals surface area contributed by atoms with E-state index in [0.29, 0.717) is 0 Å². The van der Waals surface area contributed by atoms with Gasteiger partial charge in [-0.05, 0) is 49.6 Å². The van der Waals surface area contributed by atoms with Crippen molar-refractivity contribution in [3.05, 3.63) is 53.1 Å². The van der Waals surface area contributed by atoms with Gasteiger partial charge in [-0.25, -0.2) is 9.07 Å². The maximum absolute atomic E-state index is 13.2. The van der Waals surface area contributed by atoms with Gasteiger partial charge in [0.15, 0.2) is 0 Å². The molecule has 0 bridgehead atoms. The Morgan fingerprint density at radius 2 is 2.00 bits per heavy atom. The van der Waals surface area contributed by atoms with Crippen molar-refractivity contribution in [1.82, 2.24) is 9.78 Å². The SMILES string of the molecule is O=C(O)C[C@@H](O)C[C@@H](O)/C=C/c1c2c(nn1-c1ccc(F)cc1)CCC2. The summed E-state index contributed by atoms with van der Waals surface area (Å²) in [5.74, 6) is -1.44. The number of hydrogen-bond donors (Lipinski definition) is 3. The number of aliphatic hydroxyl groups excluding tert-OH is 2. The highest BCUT2D eigenvalue weighted by Crippen LogP contribution is 2.28. The Hall–Kier alpha value is -2.51. The molecule has 0 unspecified atom stereocenters. The van der Waals surface area contributed by atoms with Crippen molar-refractivity contribution in [1.29, 1.82) is 0 Å². The molecule has 0 amide bonds. The molecule has 0 saturated carbocycles. The Morgan fingerprint density at radius 3 is 2.69 bits per heavy atom. The fraction of sp³-hybridized carbons (Fsp3) is 0.368. The van der Waals surface area contributed by atoms with Crippen LogP contribution in [0.5, 0.6) is 0 Å². The van der Waals surface area contributed by atoms with Gasteiger partial charge in [0.1, 0.15) is 5.82 Å². The zero-order valence-electron chi connectivity index (χ0n) is 14.2. The Balaban J connectivity index is 1.82. The number of aliphatic hydroxyl groups is 2. The number of fused-ring (bicyclic) bond motifs is 1. The van der Waals surface area contributed by atoms with Crippen LogP contribution in [0, 0.1) is 5.82 Å². The quantitative estimate of drug-likeness (QED) is 0.703. The lowest BCUT2D eigenvalue weighted by Crippen LogP contribution is -2.19. The van der Waals surface area contributed by atoms with Crippen molar-refractivity contribution < 1.29 is 24.5 Å². The third kappa shape index (κ3) is 4.17. The summed E-state index contributed by atoms with van der Waals surface area (Å²) in [6.07, 6.45) is 3.49. The number of aromatic nitrogens is 2. The summed E-state index contributed by atoms with van der Waals surface area (Å²) >= 11 is 0. The minimum Gasteiger partial charge on any atom is -0.481 e. The molecule has 0 aliphatic heterocycles. The van der Waals surface area contributed by atoms with Gasteiger partial charge in [0.05, 0.1) is 35.7 Å². The summed E-state index contributed by atoms with van der Waals surface area (Å²) in [5.41, 5.74) is 3.63. The van der Waals surface area contributed by atoms with Crippen molar-refractivity contribution in [2.75, 3.05) is 0 Å². The van der Waals surface area contributed by atoms with E-state index in [9.17, 15) is 19.4 Å². The zero-order valence-corrected chi connectivity index (χ0v) is 14.2. The van der Waals surface area contributed by atoms with Gasteiger partial charge >= 0.3 is 5.97 Å². The van der Waals surface area contributed by atoms with E-state index in [2.05, 4.69) is 5.10 Å². The second kappa shape index (κ2) is 7.80. The molecular formula is C19H21FN2O4. The number of carboxylic acid groups (broad SMARTS) is 1. The number of rotatable bonds is 7. The number of carbonyl (C=O) groups is 1. The molecule has 138 valence electrons. The molecule has 1 heterocycles. The van der Waals surface area contributed by atoms with Crippen molar-refractivity contribution >= 4 is 12.0 Å². The van der Waals surface area contributed by atoms with E-state index in [1.165, 1.54) is 18.2 Å². The summed E-state index contributed by atoms with van der Waals surface area (Å²) < 4.78 is 14.9. The van der Waals surface area contributed by atoms with Crippen LogP contribution in [0.1, 0.15) is 36.2 Å². The molecule has 0 radical (unpaired) electrons. The predicted molar refractivity (Wildman–Crippen MR) is 93.5 cm³/mol. The van der Waals surface area contributed by atoms with Gasteiger partial charge in [0, 0.05) is 12.0 Å². The first kappa shape index (κ1) is 18.3. The number of aliphatic carboxylic acids is 1. The molecule has 0 fully saturated rings. The Labute approximate surface area is 150 Å². The van der Waals surface area contributed by atoms with Crippen LogP contribution in [0.25, 0.3) is 11.8 Å². The Morgan fingerprint density at radius 1 is 1.27 bits per heavy atom. The van der Waals surface area contributed by atoms with Crippen LogP contribution in [0.3, 0.4) is 0 Å². The summed E-state index contributed by atoms with van der Waals surface area (Å²) in [6, 6.07) is 6.02. The molecule has 1 aromatic carbocycles. The molecule has 1 aliphatic rings. The van der Waals surface area contributed by atoms with Crippen molar-refractivity contribution in [3.8, 4) is 5.69 Å². The lowest BCUT2D eigenvalue weighted by Gasteiger charge is -2.11. The number of hydrogen-bond acceptors (Lipinski definition) is 4. The smallest absolute Gasteiger partial charge is 0.305 e. The Bertz CT molecular complexity index is 814. The fourth-order valence-corrected chi connectivity index (χ4v) is 3.21. The third-order valence-electron chi connectivity index (χ3n) is 4.42. The van der Waals surface area contributed by atoms with E-state index in [1.54, 1.807) is 22.9 Å². The van der Waals surface area contributed by atoms with Crippen molar-refractivity contribution in [2.24, 2.45) is 0 Å². The van der Waals surface area contributed by atoms with E-state index in [0.717, 1.165) is 41.9 Å². The van der Waals surface area contributed by atoms with Crippen LogP contribution >= 0.6 is 0 Å².